The third kappa shape index (κ3) is 2.76. The van der Waals surface area contributed by atoms with E-state index < -0.39 is 17.9 Å². The number of hydrogen-bond donors (Lipinski definition) is 2. The second-order valence-electron chi connectivity index (χ2n) is 5.94. The van der Waals surface area contributed by atoms with Crippen LogP contribution < -0.4 is 5.32 Å². The van der Waals surface area contributed by atoms with Crippen molar-refractivity contribution in [2.24, 2.45) is 0 Å². The second-order valence-corrected chi connectivity index (χ2v) is 5.94. The predicted octanol–water partition coefficient (Wildman–Crippen LogP) is 0.400. The van der Waals surface area contributed by atoms with Crippen LogP contribution in [0.15, 0.2) is 18.2 Å². The number of carboxylic acids is 1. The summed E-state index contributed by atoms with van der Waals surface area (Å²) < 4.78 is 0. The summed E-state index contributed by atoms with van der Waals surface area (Å²) in [6, 6.07) is 3.89. The van der Waals surface area contributed by atoms with Gasteiger partial charge in [-0.15, -0.1) is 0 Å². The largest absolute Gasteiger partial charge is 0.480 e. The van der Waals surface area contributed by atoms with Gasteiger partial charge in [0.2, 0.25) is 5.91 Å². The highest BCUT2D eigenvalue weighted by Crippen LogP contribution is 2.25. The van der Waals surface area contributed by atoms with Crippen molar-refractivity contribution in [2.75, 3.05) is 25.5 Å². The molecule has 8 heteroatoms. The number of nitrogens with one attached hydrogen (secondary N) is 1. The topological polar surface area (TPSA) is 107 Å². The lowest BCUT2D eigenvalue weighted by Crippen LogP contribution is -2.40. The summed E-state index contributed by atoms with van der Waals surface area (Å²) >= 11 is 0. The maximum Gasteiger partial charge on any atom is 0.320 e. The summed E-state index contributed by atoms with van der Waals surface area (Å²) in [5, 5.41) is 11.8. The molecule has 1 atom stereocenters. The molecule has 2 aliphatic rings. The van der Waals surface area contributed by atoms with E-state index in [1.165, 1.54) is 19.2 Å². The van der Waals surface area contributed by atoms with Crippen molar-refractivity contribution in [3.05, 3.63) is 29.3 Å². The Labute approximate surface area is 138 Å². The van der Waals surface area contributed by atoms with Crippen molar-refractivity contribution in [3.63, 3.8) is 0 Å². The van der Waals surface area contributed by atoms with Crippen LogP contribution in [-0.4, -0.2) is 64.8 Å². The smallest absolute Gasteiger partial charge is 0.320 e. The highest BCUT2D eigenvalue weighted by molar-refractivity contribution is 6.21. The summed E-state index contributed by atoms with van der Waals surface area (Å²) in [5.41, 5.74) is 0.970. The van der Waals surface area contributed by atoms with Gasteiger partial charge in [-0.25, -0.2) is 0 Å². The fourth-order valence-corrected chi connectivity index (χ4v) is 3.12. The minimum absolute atomic E-state index is 0.0270. The fourth-order valence-electron chi connectivity index (χ4n) is 3.12. The van der Waals surface area contributed by atoms with Crippen LogP contribution in [0.3, 0.4) is 0 Å². The van der Waals surface area contributed by atoms with E-state index in [0.717, 1.165) is 11.3 Å². The van der Waals surface area contributed by atoms with Crippen LogP contribution in [0.25, 0.3) is 0 Å². The van der Waals surface area contributed by atoms with Gasteiger partial charge in [0.1, 0.15) is 6.04 Å². The van der Waals surface area contributed by atoms with E-state index in [1.807, 2.05) is 0 Å². The first-order valence-electron chi connectivity index (χ1n) is 7.61. The lowest BCUT2D eigenvalue weighted by atomic mass is 10.1. The molecule has 1 aromatic carbocycles. The molecule has 3 rings (SSSR count). The van der Waals surface area contributed by atoms with E-state index >= 15 is 0 Å². The maximum absolute atomic E-state index is 12.1. The summed E-state index contributed by atoms with van der Waals surface area (Å²) in [5.74, 6) is -2.05. The standard InChI is InChI=1S/C16H17N3O5/c1-18-14(21)10-5-4-9(7-11(10)15(18)22)17-13(20)8-19-6-2-3-12(19)16(23)24/h4-5,7,12H,2-3,6,8H2,1H3,(H,17,20)(H,23,24)/t12-/m0/s1. The van der Waals surface area contributed by atoms with Gasteiger partial charge in [0.05, 0.1) is 17.7 Å². The van der Waals surface area contributed by atoms with E-state index in [9.17, 15) is 19.2 Å². The van der Waals surface area contributed by atoms with Crippen LogP contribution in [-0.2, 0) is 9.59 Å². The fraction of sp³-hybridized carbons (Fsp3) is 0.375. The molecule has 24 heavy (non-hydrogen) atoms. The maximum atomic E-state index is 12.1. The Morgan fingerprint density at radius 1 is 1.25 bits per heavy atom. The van der Waals surface area contributed by atoms with Gasteiger partial charge in [-0.2, -0.15) is 0 Å². The summed E-state index contributed by atoms with van der Waals surface area (Å²) in [4.78, 5) is 49.7. The van der Waals surface area contributed by atoms with Crippen molar-refractivity contribution in [1.82, 2.24) is 9.80 Å². The molecule has 1 fully saturated rings. The SMILES string of the molecule is CN1C(=O)c2ccc(NC(=O)CN3CCC[C@H]3C(=O)O)cc2C1=O. The number of carboxylic acid groups (broad SMARTS) is 1. The quantitative estimate of drug-likeness (QED) is 0.774. The Balaban J connectivity index is 1.69. The van der Waals surface area contributed by atoms with E-state index in [-0.39, 0.29) is 23.9 Å². The predicted molar refractivity (Wildman–Crippen MR) is 83.7 cm³/mol. The number of aliphatic carboxylic acids is 1. The van der Waals surface area contributed by atoms with Crippen LogP contribution in [0.5, 0.6) is 0 Å². The number of imide groups is 1. The third-order valence-electron chi connectivity index (χ3n) is 4.37. The number of hydrogen-bond acceptors (Lipinski definition) is 5. The molecule has 1 aromatic rings. The van der Waals surface area contributed by atoms with Crippen molar-refractivity contribution >= 4 is 29.4 Å². The number of fused-ring (bicyclic) bond motifs is 1. The van der Waals surface area contributed by atoms with Crippen LogP contribution in [0, 0.1) is 0 Å². The van der Waals surface area contributed by atoms with Crippen LogP contribution >= 0.6 is 0 Å². The van der Waals surface area contributed by atoms with Gasteiger partial charge in [0.15, 0.2) is 0 Å². The van der Waals surface area contributed by atoms with Gasteiger partial charge in [0.25, 0.3) is 11.8 Å². The monoisotopic (exact) mass is 331 g/mol. The van der Waals surface area contributed by atoms with Crippen molar-refractivity contribution in [2.45, 2.75) is 18.9 Å². The minimum Gasteiger partial charge on any atom is -0.480 e. The normalized spacial score (nSPS) is 20.4. The number of carbonyl (C=O) groups excluding carboxylic acids is 3. The summed E-state index contributed by atoms with van der Waals surface area (Å²) in [6.07, 6.45) is 1.27. The lowest BCUT2D eigenvalue weighted by molar-refractivity contribution is -0.142. The molecule has 0 aliphatic carbocycles. The molecule has 0 bridgehead atoms. The highest BCUT2D eigenvalue weighted by Gasteiger charge is 2.33. The zero-order valence-electron chi connectivity index (χ0n) is 13.1. The number of carbonyl (C=O) groups is 4. The Morgan fingerprint density at radius 3 is 2.67 bits per heavy atom. The first kappa shape index (κ1) is 16.1. The minimum atomic E-state index is -0.926. The average molecular weight is 331 g/mol. The van der Waals surface area contributed by atoms with Gasteiger partial charge in [-0.3, -0.25) is 29.0 Å². The molecule has 3 amide bonds. The van der Waals surface area contributed by atoms with Gasteiger partial charge in [-0.1, -0.05) is 0 Å². The molecule has 0 aromatic heterocycles. The number of nitrogens with zero attached hydrogens (tertiary/aromatic N) is 2. The van der Waals surface area contributed by atoms with E-state index in [4.69, 9.17) is 5.11 Å². The number of amides is 3. The summed E-state index contributed by atoms with van der Waals surface area (Å²) in [7, 11) is 1.41. The molecule has 0 saturated carbocycles. The third-order valence-corrected chi connectivity index (χ3v) is 4.37. The Kier molecular flexibility index (Phi) is 4.06. The molecule has 0 radical (unpaired) electrons. The van der Waals surface area contributed by atoms with E-state index in [2.05, 4.69) is 5.32 Å². The number of benzene rings is 1. The van der Waals surface area contributed by atoms with Crippen LogP contribution in [0.2, 0.25) is 0 Å². The van der Waals surface area contributed by atoms with Gasteiger partial charge in [0, 0.05) is 12.7 Å². The zero-order valence-corrected chi connectivity index (χ0v) is 13.1. The van der Waals surface area contributed by atoms with Gasteiger partial charge in [-0.05, 0) is 37.6 Å². The molecule has 0 unspecified atom stereocenters. The Bertz CT molecular complexity index is 745. The van der Waals surface area contributed by atoms with Gasteiger partial charge >= 0.3 is 5.97 Å². The zero-order chi connectivity index (χ0) is 17.4. The number of rotatable bonds is 4. The molecule has 2 aliphatic heterocycles. The number of anilines is 1. The Hall–Kier alpha value is -2.74. The molecular weight excluding hydrogens is 314 g/mol. The highest BCUT2D eigenvalue weighted by atomic mass is 16.4. The average Bonchev–Trinajstić information content (AvgIpc) is 3.07. The van der Waals surface area contributed by atoms with Crippen LogP contribution in [0.4, 0.5) is 5.69 Å². The molecule has 8 nitrogen and oxygen atoms in total. The van der Waals surface area contributed by atoms with Crippen LogP contribution in [0.1, 0.15) is 33.6 Å². The first-order valence-corrected chi connectivity index (χ1v) is 7.61. The molecule has 1 saturated heterocycles. The summed E-state index contributed by atoms with van der Waals surface area (Å²) in [6.45, 7) is 0.535. The molecule has 2 N–H and O–H groups in total. The molecule has 126 valence electrons. The molecular formula is C16H17N3O5. The molecule has 2 heterocycles. The van der Waals surface area contributed by atoms with Crippen molar-refractivity contribution in [1.29, 1.82) is 0 Å². The van der Waals surface area contributed by atoms with Crippen molar-refractivity contribution in [3.8, 4) is 0 Å². The van der Waals surface area contributed by atoms with Crippen molar-refractivity contribution < 1.29 is 24.3 Å². The van der Waals surface area contributed by atoms with Gasteiger partial charge < -0.3 is 10.4 Å². The second kappa shape index (κ2) is 6.04. The van der Waals surface area contributed by atoms with E-state index in [1.54, 1.807) is 11.0 Å². The van der Waals surface area contributed by atoms with E-state index in [0.29, 0.717) is 24.2 Å². The number of likely N-dealkylation sites (tertiary alicyclic amines) is 1. The lowest BCUT2D eigenvalue weighted by Gasteiger charge is -2.20. The Morgan fingerprint density at radius 2 is 1.96 bits per heavy atom. The first-order chi connectivity index (χ1) is 11.4. The molecule has 0 spiro atoms.